The first kappa shape index (κ1) is 17.8. The van der Waals surface area contributed by atoms with Crippen molar-refractivity contribution in [1.82, 2.24) is 0 Å². The Morgan fingerprint density at radius 2 is 1.71 bits per heavy atom. The lowest BCUT2D eigenvalue weighted by Gasteiger charge is -2.29. The normalized spacial score (nSPS) is 20.5. The van der Waals surface area contributed by atoms with Gasteiger partial charge in [0.05, 0.1) is 31.7 Å². The Labute approximate surface area is 141 Å². The van der Waals surface area contributed by atoms with Crippen LogP contribution in [-0.4, -0.2) is 31.2 Å². The Morgan fingerprint density at radius 1 is 1.08 bits per heavy atom. The zero-order valence-corrected chi connectivity index (χ0v) is 14.4. The Bertz CT molecular complexity index is 680. The predicted molar refractivity (Wildman–Crippen MR) is 90.4 cm³/mol. The van der Waals surface area contributed by atoms with Crippen molar-refractivity contribution in [1.29, 1.82) is 0 Å². The van der Waals surface area contributed by atoms with Crippen molar-refractivity contribution in [3.63, 3.8) is 0 Å². The number of benzene rings is 1. The van der Waals surface area contributed by atoms with Crippen LogP contribution in [0.1, 0.15) is 26.7 Å². The van der Waals surface area contributed by atoms with E-state index in [4.69, 9.17) is 9.47 Å². The highest BCUT2D eigenvalue weighted by atomic mass is 16.5. The first-order chi connectivity index (χ1) is 11.4. The summed E-state index contributed by atoms with van der Waals surface area (Å²) in [6, 6.07) is 5.06. The molecule has 130 valence electrons. The minimum Gasteiger partial charge on any atom is -0.497 e. The molecule has 6 heteroatoms. The van der Waals surface area contributed by atoms with Gasteiger partial charge in [0.15, 0.2) is 0 Å². The fourth-order valence-electron chi connectivity index (χ4n) is 2.95. The molecule has 0 unspecified atom stereocenters. The molecule has 0 bridgehead atoms. The van der Waals surface area contributed by atoms with Gasteiger partial charge in [-0.3, -0.25) is 9.59 Å². The first-order valence-corrected chi connectivity index (χ1v) is 7.78. The van der Waals surface area contributed by atoms with Crippen LogP contribution >= 0.6 is 0 Å². The van der Waals surface area contributed by atoms with Crippen molar-refractivity contribution < 1.29 is 24.2 Å². The van der Waals surface area contributed by atoms with Gasteiger partial charge in [-0.25, -0.2) is 0 Å². The summed E-state index contributed by atoms with van der Waals surface area (Å²) in [5.41, 5.74) is 2.62. The van der Waals surface area contributed by atoms with Crippen molar-refractivity contribution >= 4 is 17.6 Å². The van der Waals surface area contributed by atoms with Gasteiger partial charge in [0.2, 0.25) is 5.91 Å². The maximum Gasteiger partial charge on any atom is 0.307 e. The van der Waals surface area contributed by atoms with Crippen LogP contribution in [0, 0.1) is 11.8 Å². The van der Waals surface area contributed by atoms with Crippen LogP contribution in [0.25, 0.3) is 0 Å². The third-order valence-electron chi connectivity index (χ3n) is 4.59. The summed E-state index contributed by atoms with van der Waals surface area (Å²) in [4.78, 5) is 24.2. The van der Waals surface area contributed by atoms with E-state index in [0.717, 1.165) is 11.1 Å². The maximum atomic E-state index is 12.7. The molecule has 0 heterocycles. The smallest absolute Gasteiger partial charge is 0.307 e. The fraction of sp³-hybridized carbons (Fsp3) is 0.444. The summed E-state index contributed by atoms with van der Waals surface area (Å²) in [6.07, 6.45) is 0.853. The average molecular weight is 333 g/mol. The number of anilines is 1. The number of rotatable bonds is 5. The summed E-state index contributed by atoms with van der Waals surface area (Å²) < 4.78 is 10.4. The summed E-state index contributed by atoms with van der Waals surface area (Å²) in [5, 5.41) is 12.3. The van der Waals surface area contributed by atoms with Crippen molar-refractivity contribution in [3.8, 4) is 11.5 Å². The van der Waals surface area contributed by atoms with Crippen molar-refractivity contribution in [2.75, 3.05) is 19.5 Å². The van der Waals surface area contributed by atoms with Crippen LogP contribution in [0.5, 0.6) is 11.5 Å². The number of carboxylic acids is 1. The lowest BCUT2D eigenvalue weighted by molar-refractivity contribution is -0.146. The molecule has 0 aromatic heterocycles. The van der Waals surface area contributed by atoms with Crippen LogP contribution in [0.4, 0.5) is 5.69 Å². The maximum absolute atomic E-state index is 12.7. The van der Waals surface area contributed by atoms with Gasteiger partial charge in [0.1, 0.15) is 11.5 Å². The molecule has 0 radical (unpaired) electrons. The molecule has 6 nitrogen and oxygen atoms in total. The molecule has 0 fully saturated rings. The lowest BCUT2D eigenvalue weighted by atomic mass is 9.76. The topological polar surface area (TPSA) is 84.9 Å². The molecule has 0 saturated carbocycles. The van der Waals surface area contributed by atoms with Gasteiger partial charge in [-0.05, 0) is 38.8 Å². The minimum atomic E-state index is -0.941. The van der Waals surface area contributed by atoms with Crippen LogP contribution in [-0.2, 0) is 9.59 Å². The third-order valence-corrected chi connectivity index (χ3v) is 4.59. The summed E-state index contributed by atoms with van der Waals surface area (Å²) in [5.74, 6) is -1.48. The molecular formula is C18H23NO5. The second kappa shape index (κ2) is 7.38. The fourth-order valence-corrected chi connectivity index (χ4v) is 2.95. The molecule has 0 spiro atoms. The van der Waals surface area contributed by atoms with Gasteiger partial charge in [-0.2, -0.15) is 0 Å². The van der Waals surface area contributed by atoms with Crippen LogP contribution in [0.15, 0.2) is 29.3 Å². The van der Waals surface area contributed by atoms with Gasteiger partial charge in [0, 0.05) is 6.07 Å². The highest BCUT2D eigenvalue weighted by molar-refractivity contribution is 5.96. The number of nitrogens with one attached hydrogen (secondary N) is 1. The molecule has 1 aliphatic rings. The van der Waals surface area contributed by atoms with Crippen LogP contribution < -0.4 is 14.8 Å². The van der Waals surface area contributed by atoms with Crippen LogP contribution in [0.3, 0.4) is 0 Å². The number of carbonyl (C=O) groups is 2. The number of ether oxygens (including phenoxy) is 2. The van der Waals surface area contributed by atoms with E-state index in [1.165, 1.54) is 7.11 Å². The highest BCUT2D eigenvalue weighted by Crippen LogP contribution is 2.36. The van der Waals surface area contributed by atoms with E-state index in [-0.39, 0.29) is 5.91 Å². The summed E-state index contributed by atoms with van der Waals surface area (Å²) >= 11 is 0. The van der Waals surface area contributed by atoms with E-state index in [0.29, 0.717) is 30.0 Å². The Morgan fingerprint density at radius 3 is 2.25 bits per heavy atom. The molecule has 2 atom stereocenters. The van der Waals surface area contributed by atoms with Gasteiger partial charge in [-0.1, -0.05) is 11.1 Å². The van der Waals surface area contributed by atoms with Gasteiger partial charge in [0.25, 0.3) is 0 Å². The SMILES string of the molecule is COc1ccc(NC(=O)[C@@H]2CC(C)=C(C)C[C@H]2C(=O)O)c(OC)c1. The van der Waals surface area contributed by atoms with E-state index >= 15 is 0 Å². The molecule has 1 aromatic rings. The molecule has 0 saturated heterocycles. The van der Waals surface area contributed by atoms with Crippen molar-refractivity contribution in [2.45, 2.75) is 26.7 Å². The molecule has 1 aliphatic carbocycles. The second-order valence-electron chi connectivity index (χ2n) is 6.08. The number of aliphatic carboxylic acids is 1. The number of hydrogen-bond acceptors (Lipinski definition) is 4. The third kappa shape index (κ3) is 3.69. The van der Waals surface area contributed by atoms with Crippen molar-refractivity contribution in [2.24, 2.45) is 11.8 Å². The predicted octanol–water partition coefficient (Wildman–Crippen LogP) is 3.09. The number of allylic oxidation sites excluding steroid dienone is 2. The monoisotopic (exact) mass is 333 g/mol. The number of carbonyl (C=O) groups excluding carboxylic acids is 1. The van der Waals surface area contributed by atoms with Gasteiger partial charge >= 0.3 is 5.97 Å². The molecule has 1 amide bonds. The number of hydrogen-bond donors (Lipinski definition) is 2. The lowest BCUT2D eigenvalue weighted by Crippen LogP contribution is -2.36. The second-order valence-corrected chi connectivity index (χ2v) is 6.08. The zero-order valence-electron chi connectivity index (χ0n) is 14.4. The minimum absolute atomic E-state index is 0.308. The number of carboxylic acid groups (broad SMARTS) is 1. The molecule has 2 N–H and O–H groups in total. The number of amides is 1. The molecule has 0 aliphatic heterocycles. The van der Waals surface area contributed by atoms with Crippen LogP contribution in [0.2, 0.25) is 0 Å². The Kier molecular flexibility index (Phi) is 5.49. The Hall–Kier alpha value is -2.50. The molecular weight excluding hydrogens is 310 g/mol. The van der Waals surface area contributed by atoms with E-state index in [1.54, 1.807) is 25.3 Å². The molecule has 1 aromatic carbocycles. The highest BCUT2D eigenvalue weighted by Gasteiger charge is 2.37. The summed E-state index contributed by atoms with van der Waals surface area (Å²) in [6.45, 7) is 3.87. The quantitative estimate of drug-likeness (QED) is 0.809. The standard InChI is InChI=1S/C18H23NO5/c1-10-7-13(14(18(21)22)8-11(10)2)17(20)19-15-6-5-12(23-3)9-16(15)24-4/h5-6,9,13-14H,7-8H2,1-4H3,(H,19,20)(H,21,22)/t13-,14-/m1/s1. The average Bonchev–Trinajstić information content (AvgIpc) is 2.56. The summed E-state index contributed by atoms with van der Waals surface area (Å²) in [7, 11) is 3.05. The Balaban J connectivity index is 2.24. The van der Waals surface area contributed by atoms with E-state index in [9.17, 15) is 14.7 Å². The van der Waals surface area contributed by atoms with Gasteiger partial charge < -0.3 is 19.9 Å². The van der Waals surface area contributed by atoms with E-state index < -0.39 is 17.8 Å². The zero-order chi connectivity index (χ0) is 17.9. The number of methoxy groups -OCH3 is 2. The molecule has 24 heavy (non-hydrogen) atoms. The van der Waals surface area contributed by atoms with Gasteiger partial charge in [-0.15, -0.1) is 0 Å². The van der Waals surface area contributed by atoms with Crippen molar-refractivity contribution in [3.05, 3.63) is 29.3 Å². The van der Waals surface area contributed by atoms with E-state index in [2.05, 4.69) is 5.32 Å². The van der Waals surface area contributed by atoms with E-state index in [1.807, 2.05) is 13.8 Å². The largest absolute Gasteiger partial charge is 0.497 e. The molecule has 2 rings (SSSR count). The first-order valence-electron chi connectivity index (χ1n) is 7.78.